The number of ether oxygens (including phenoxy) is 1. The van der Waals surface area contributed by atoms with Gasteiger partial charge in [0.1, 0.15) is 11.4 Å². The molecule has 2 saturated heterocycles. The Morgan fingerprint density at radius 2 is 2.11 bits per heavy atom. The molecule has 0 unspecified atom stereocenters. The second kappa shape index (κ2) is 7.45. The first-order valence-electron chi connectivity index (χ1n) is 9.32. The molecule has 0 spiro atoms. The highest BCUT2D eigenvalue weighted by Crippen LogP contribution is 2.36. The van der Waals surface area contributed by atoms with E-state index in [1.165, 1.54) is 6.07 Å². The lowest BCUT2D eigenvalue weighted by Crippen LogP contribution is -2.63. The molecule has 2 aliphatic rings. The van der Waals surface area contributed by atoms with Gasteiger partial charge in [0, 0.05) is 38.8 Å². The summed E-state index contributed by atoms with van der Waals surface area (Å²) in [4.78, 5) is 20.4. The molecule has 1 aromatic carbocycles. The Labute approximate surface area is 160 Å². The van der Waals surface area contributed by atoms with Gasteiger partial charge >= 0.3 is 6.09 Å². The lowest BCUT2D eigenvalue weighted by atomic mass is 9.94. The zero-order valence-electron chi connectivity index (χ0n) is 16.4. The third-order valence-corrected chi connectivity index (χ3v) is 5.19. The minimum Gasteiger partial charge on any atom is -0.444 e. The number of fused-ring (bicyclic) bond motifs is 1. The summed E-state index contributed by atoms with van der Waals surface area (Å²) in [5.41, 5.74) is 0.838. The fourth-order valence-electron chi connectivity index (χ4n) is 3.87. The maximum absolute atomic E-state index is 14.0. The van der Waals surface area contributed by atoms with Gasteiger partial charge in [0.15, 0.2) is 0 Å². The third-order valence-electron chi connectivity index (χ3n) is 5.19. The zero-order valence-corrected chi connectivity index (χ0v) is 16.4. The Morgan fingerprint density at radius 1 is 1.37 bits per heavy atom. The fraction of sp³-hybridized carbons (Fsp3) is 0.600. The maximum atomic E-state index is 14.0. The first-order chi connectivity index (χ1) is 12.7. The molecule has 0 radical (unpaired) electrons. The molecule has 27 heavy (non-hydrogen) atoms. The quantitative estimate of drug-likeness (QED) is 0.767. The van der Waals surface area contributed by atoms with Crippen molar-refractivity contribution in [1.82, 2.24) is 15.1 Å². The molecule has 2 heterocycles. The predicted molar refractivity (Wildman–Crippen MR) is 101 cm³/mol. The summed E-state index contributed by atoms with van der Waals surface area (Å²) in [6.45, 7) is 18.4. The van der Waals surface area contributed by atoms with E-state index in [4.69, 9.17) is 11.3 Å². The van der Waals surface area contributed by atoms with E-state index in [0.717, 1.165) is 25.2 Å². The number of carbonyl (C=O) groups excluding carboxylic acids is 1. The van der Waals surface area contributed by atoms with E-state index in [1.54, 1.807) is 17.9 Å². The molecule has 1 amide bonds. The summed E-state index contributed by atoms with van der Waals surface area (Å²) < 4.78 is 19.6. The molecule has 1 N–H and O–H groups in total. The topological polar surface area (TPSA) is 49.2 Å². The number of piperazine rings is 2. The monoisotopic (exact) mass is 374 g/mol. The van der Waals surface area contributed by atoms with Crippen LogP contribution in [0.1, 0.15) is 37.9 Å². The van der Waals surface area contributed by atoms with Crippen LogP contribution < -0.4 is 5.32 Å². The molecule has 2 aliphatic heterocycles. The van der Waals surface area contributed by atoms with Crippen molar-refractivity contribution in [3.63, 3.8) is 0 Å². The number of rotatable bonds is 1. The minimum absolute atomic E-state index is 0.0269. The molecule has 2 atom stereocenters. The number of amides is 1. The number of nitrogens with zero attached hydrogens (tertiary/aromatic N) is 3. The van der Waals surface area contributed by atoms with Crippen molar-refractivity contribution in [3.05, 3.63) is 40.5 Å². The zero-order chi connectivity index (χ0) is 19.8. The number of carbonyl (C=O) groups is 1. The molecule has 0 aliphatic carbocycles. The van der Waals surface area contributed by atoms with Crippen LogP contribution in [0.3, 0.4) is 0 Å². The highest BCUT2D eigenvalue weighted by molar-refractivity contribution is 5.70. The Morgan fingerprint density at radius 3 is 2.78 bits per heavy atom. The second-order valence-corrected chi connectivity index (χ2v) is 8.22. The van der Waals surface area contributed by atoms with Crippen LogP contribution in [0.15, 0.2) is 12.1 Å². The van der Waals surface area contributed by atoms with Gasteiger partial charge in [0.25, 0.3) is 0 Å². The molecule has 3 rings (SSSR count). The number of hydrogen-bond donors (Lipinski definition) is 1. The van der Waals surface area contributed by atoms with Crippen LogP contribution in [0.5, 0.6) is 0 Å². The SMILES string of the molecule is [C-]#[N+]c1c(F)ccc([C@H]2CN3CCNC[C@H]3CN2C(=O)OC(C)(C)C)c1C. The van der Waals surface area contributed by atoms with Crippen molar-refractivity contribution >= 4 is 11.8 Å². The van der Waals surface area contributed by atoms with E-state index in [9.17, 15) is 9.18 Å². The van der Waals surface area contributed by atoms with Gasteiger partial charge in [-0.05, 0) is 44.9 Å². The highest BCUT2D eigenvalue weighted by Gasteiger charge is 2.40. The predicted octanol–water partition coefficient (Wildman–Crippen LogP) is 3.25. The number of hydrogen-bond acceptors (Lipinski definition) is 4. The van der Waals surface area contributed by atoms with Crippen LogP contribution in [-0.4, -0.2) is 60.3 Å². The number of benzene rings is 1. The summed E-state index contributed by atoms with van der Waals surface area (Å²) in [6.07, 6.45) is -0.370. The third kappa shape index (κ3) is 4.07. The van der Waals surface area contributed by atoms with Gasteiger partial charge in [-0.2, -0.15) is 0 Å². The highest BCUT2D eigenvalue weighted by atomic mass is 19.1. The Bertz CT molecular complexity index is 768. The van der Waals surface area contributed by atoms with E-state index in [-0.39, 0.29) is 23.9 Å². The summed E-state index contributed by atoms with van der Waals surface area (Å²) in [5, 5.41) is 3.37. The summed E-state index contributed by atoms with van der Waals surface area (Å²) in [6, 6.07) is 2.98. The van der Waals surface area contributed by atoms with Crippen LogP contribution in [-0.2, 0) is 4.74 Å². The van der Waals surface area contributed by atoms with E-state index in [0.29, 0.717) is 18.7 Å². The van der Waals surface area contributed by atoms with Gasteiger partial charge in [-0.25, -0.2) is 14.0 Å². The Hall–Kier alpha value is -2.17. The minimum atomic E-state index is -0.594. The average molecular weight is 374 g/mol. The van der Waals surface area contributed by atoms with Crippen LogP contribution in [0.2, 0.25) is 0 Å². The van der Waals surface area contributed by atoms with Gasteiger partial charge in [-0.3, -0.25) is 9.80 Å². The van der Waals surface area contributed by atoms with E-state index in [1.807, 2.05) is 20.8 Å². The lowest BCUT2D eigenvalue weighted by molar-refractivity contribution is -0.0212. The molecule has 0 saturated carbocycles. The molecule has 0 aromatic heterocycles. The van der Waals surface area contributed by atoms with Gasteiger partial charge in [-0.1, -0.05) is 6.07 Å². The molecule has 6 nitrogen and oxygen atoms in total. The molecule has 7 heteroatoms. The molecular weight excluding hydrogens is 347 g/mol. The van der Waals surface area contributed by atoms with E-state index in [2.05, 4.69) is 15.1 Å². The normalized spacial score (nSPS) is 23.5. The van der Waals surface area contributed by atoms with Crippen LogP contribution in [0.4, 0.5) is 14.9 Å². The maximum Gasteiger partial charge on any atom is 0.410 e. The standard InChI is InChI=1S/C20H27FN4O2/c1-13-15(6-7-16(21)18(13)22-5)17-12-24-9-8-23-10-14(24)11-25(17)19(26)27-20(2,3)4/h6-7,14,17,23H,8-12H2,1-4H3/t14-,17+/m0/s1. The summed E-state index contributed by atoms with van der Waals surface area (Å²) in [7, 11) is 0. The summed E-state index contributed by atoms with van der Waals surface area (Å²) in [5.74, 6) is -0.522. The van der Waals surface area contributed by atoms with Crippen LogP contribution in [0.25, 0.3) is 4.85 Å². The van der Waals surface area contributed by atoms with Crippen LogP contribution in [0, 0.1) is 19.3 Å². The smallest absolute Gasteiger partial charge is 0.410 e. The van der Waals surface area contributed by atoms with Crippen molar-refractivity contribution in [3.8, 4) is 0 Å². The van der Waals surface area contributed by atoms with Crippen molar-refractivity contribution in [1.29, 1.82) is 0 Å². The lowest BCUT2D eigenvalue weighted by Gasteiger charge is -2.48. The van der Waals surface area contributed by atoms with Gasteiger partial charge in [0.2, 0.25) is 5.69 Å². The molecule has 146 valence electrons. The van der Waals surface area contributed by atoms with E-state index < -0.39 is 11.4 Å². The molecular formula is C20H27FN4O2. The number of halogens is 1. The Kier molecular flexibility index (Phi) is 5.41. The van der Waals surface area contributed by atoms with Crippen molar-refractivity contribution in [2.24, 2.45) is 0 Å². The van der Waals surface area contributed by atoms with Crippen molar-refractivity contribution in [2.75, 3.05) is 32.7 Å². The molecule has 1 aromatic rings. The average Bonchev–Trinajstić information content (AvgIpc) is 2.60. The van der Waals surface area contributed by atoms with Gasteiger partial charge < -0.3 is 10.1 Å². The van der Waals surface area contributed by atoms with Gasteiger partial charge in [-0.15, -0.1) is 0 Å². The molecule has 2 fully saturated rings. The van der Waals surface area contributed by atoms with Crippen molar-refractivity contribution in [2.45, 2.75) is 45.4 Å². The summed E-state index contributed by atoms with van der Waals surface area (Å²) >= 11 is 0. The van der Waals surface area contributed by atoms with E-state index >= 15 is 0 Å². The van der Waals surface area contributed by atoms with Crippen LogP contribution >= 0.6 is 0 Å². The first-order valence-corrected chi connectivity index (χ1v) is 9.32. The Balaban J connectivity index is 1.98. The number of nitrogens with one attached hydrogen (secondary N) is 1. The second-order valence-electron chi connectivity index (χ2n) is 8.22. The first kappa shape index (κ1) is 19.6. The fourth-order valence-corrected chi connectivity index (χ4v) is 3.87. The van der Waals surface area contributed by atoms with Crippen molar-refractivity contribution < 1.29 is 13.9 Å². The molecule has 0 bridgehead atoms. The van der Waals surface area contributed by atoms with Gasteiger partial charge in [0.05, 0.1) is 12.6 Å². The largest absolute Gasteiger partial charge is 0.444 e.